The minimum atomic E-state index is -0.223. The van der Waals surface area contributed by atoms with E-state index in [1.54, 1.807) is 0 Å². The number of nitrogens with one attached hydrogen (secondary N) is 1. The van der Waals surface area contributed by atoms with E-state index in [1.165, 1.54) is 18.4 Å². The van der Waals surface area contributed by atoms with Gasteiger partial charge in [-0.3, -0.25) is 4.79 Å². The quantitative estimate of drug-likeness (QED) is 0.925. The Morgan fingerprint density at radius 1 is 1.17 bits per heavy atom. The van der Waals surface area contributed by atoms with Crippen LogP contribution in [0.25, 0.3) is 0 Å². The lowest BCUT2D eigenvalue weighted by molar-refractivity contribution is -0.146. The Morgan fingerprint density at radius 3 is 2.50 bits per heavy atom. The Balaban J connectivity index is 1.56. The fraction of sp³-hybridized carbons (Fsp3) is 0.667. The molecule has 3 nitrogen and oxygen atoms in total. The van der Waals surface area contributed by atoms with Crippen molar-refractivity contribution in [2.24, 2.45) is 16.2 Å². The lowest BCUT2D eigenvalue weighted by Crippen LogP contribution is -2.63. The number of nitrogens with zero attached hydrogens (tertiary/aromatic N) is 1. The molecule has 2 atom stereocenters. The van der Waals surface area contributed by atoms with Crippen LogP contribution in [0.2, 0.25) is 0 Å². The Morgan fingerprint density at radius 2 is 1.88 bits per heavy atom. The summed E-state index contributed by atoms with van der Waals surface area (Å²) in [6.45, 7) is 9.73. The summed E-state index contributed by atoms with van der Waals surface area (Å²) >= 11 is 0. The number of hydrogen-bond acceptors (Lipinski definition) is 2. The van der Waals surface area contributed by atoms with Crippen LogP contribution in [0.1, 0.15) is 45.6 Å². The first-order valence-corrected chi connectivity index (χ1v) is 9.37. The number of amides is 1. The second-order valence-electron chi connectivity index (χ2n) is 9.69. The molecule has 0 radical (unpaired) electrons. The molecule has 4 rings (SSSR count). The summed E-state index contributed by atoms with van der Waals surface area (Å²) < 4.78 is 0. The average molecular weight is 326 g/mol. The van der Waals surface area contributed by atoms with Gasteiger partial charge < -0.3 is 10.2 Å². The maximum Gasteiger partial charge on any atom is 0.231 e. The van der Waals surface area contributed by atoms with E-state index in [0.29, 0.717) is 22.8 Å². The zero-order chi connectivity index (χ0) is 17.0. The van der Waals surface area contributed by atoms with Crippen LogP contribution in [0.3, 0.4) is 0 Å². The number of carbonyl (C=O) groups excluding carboxylic acids is 1. The molecule has 1 amide bonds. The van der Waals surface area contributed by atoms with Gasteiger partial charge in [0.15, 0.2) is 0 Å². The molecular weight excluding hydrogens is 296 g/mol. The van der Waals surface area contributed by atoms with Crippen LogP contribution < -0.4 is 5.32 Å². The summed E-state index contributed by atoms with van der Waals surface area (Å²) in [6, 6.07) is 10.9. The van der Waals surface area contributed by atoms with Gasteiger partial charge in [0.25, 0.3) is 0 Å². The molecule has 1 N–H and O–H groups in total. The highest BCUT2D eigenvalue weighted by atomic mass is 16.2. The van der Waals surface area contributed by atoms with Crippen LogP contribution in [0.4, 0.5) is 0 Å². The van der Waals surface area contributed by atoms with Gasteiger partial charge in [-0.2, -0.15) is 0 Å². The van der Waals surface area contributed by atoms with Gasteiger partial charge in [0, 0.05) is 25.7 Å². The Bertz CT molecular complexity index is 634. The average Bonchev–Trinajstić information content (AvgIpc) is 2.72. The van der Waals surface area contributed by atoms with Crippen molar-refractivity contribution in [1.29, 1.82) is 0 Å². The summed E-state index contributed by atoms with van der Waals surface area (Å²) in [5.74, 6) is 0.400. The van der Waals surface area contributed by atoms with Crippen LogP contribution in [-0.2, 0) is 11.2 Å². The van der Waals surface area contributed by atoms with E-state index in [-0.39, 0.29) is 5.41 Å². The van der Waals surface area contributed by atoms with Crippen molar-refractivity contribution in [3.8, 4) is 0 Å². The third kappa shape index (κ3) is 2.67. The highest BCUT2D eigenvalue weighted by Crippen LogP contribution is 2.53. The van der Waals surface area contributed by atoms with Crippen molar-refractivity contribution in [2.45, 2.75) is 52.5 Å². The second-order valence-corrected chi connectivity index (χ2v) is 9.69. The number of benzene rings is 1. The molecule has 0 unspecified atom stereocenters. The first-order valence-electron chi connectivity index (χ1n) is 9.37. The molecule has 1 aliphatic carbocycles. The van der Waals surface area contributed by atoms with Crippen LogP contribution in [0.5, 0.6) is 0 Å². The first-order chi connectivity index (χ1) is 11.3. The Kier molecular flexibility index (Phi) is 3.58. The number of hydrogen-bond donors (Lipinski definition) is 1. The summed E-state index contributed by atoms with van der Waals surface area (Å²) in [5.41, 5.74) is 1.73. The molecule has 3 aliphatic rings. The van der Waals surface area contributed by atoms with Crippen LogP contribution in [0.15, 0.2) is 30.3 Å². The molecule has 1 aromatic carbocycles. The van der Waals surface area contributed by atoms with Gasteiger partial charge in [-0.25, -0.2) is 0 Å². The highest BCUT2D eigenvalue weighted by molar-refractivity contribution is 5.85. The molecule has 3 fully saturated rings. The molecule has 2 bridgehead atoms. The van der Waals surface area contributed by atoms with E-state index < -0.39 is 0 Å². The molecule has 0 spiro atoms. The zero-order valence-electron chi connectivity index (χ0n) is 15.3. The SMILES string of the molecule is CC1(C)C[C@@H]2C[C@@](C)(CN2C(=O)C2(Cc3ccccc3)CNC2)C1. The van der Waals surface area contributed by atoms with E-state index in [9.17, 15) is 4.79 Å². The van der Waals surface area contributed by atoms with Crippen molar-refractivity contribution in [1.82, 2.24) is 10.2 Å². The van der Waals surface area contributed by atoms with Gasteiger partial charge in [0.05, 0.1) is 5.41 Å². The molecule has 0 aromatic heterocycles. The minimum absolute atomic E-state index is 0.223. The largest absolute Gasteiger partial charge is 0.339 e. The van der Waals surface area contributed by atoms with Crippen LogP contribution in [-0.4, -0.2) is 36.5 Å². The van der Waals surface area contributed by atoms with Gasteiger partial charge in [0.1, 0.15) is 0 Å². The standard InChI is InChI=1S/C21H30N2O/c1-19(2)10-17-11-20(3,12-19)15-23(17)18(24)21(13-22-14-21)9-16-7-5-4-6-8-16/h4-8,17,22H,9-15H2,1-3H3/t17-,20-/m1/s1. The molecule has 3 heteroatoms. The maximum absolute atomic E-state index is 13.5. The third-order valence-electron chi connectivity index (χ3n) is 6.44. The second kappa shape index (κ2) is 5.32. The lowest BCUT2D eigenvalue weighted by atomic mass is 9.65. The van der Waals surface area contributed by atoms with Crippen molar-refractivity contribution in [2.75, 3.05) is 19.6 Å². The lowest BCUT2D eigenvalue weighted by Gasteiger charge is -2.45. The summed E-state index contributed by atoms with van der Waals surface area (Å²) in [5, 5.41) is 3.36. The zero-order valence-corrected chi connectivity index (χ0v) is 15.3. The van der Waals surface area contributed by atoms with Gasteiger partial charge in [-0.15, -0.1) is 0 Å². The maximum atomic E-state index is 13.5. The minimum Gasteiger partial charge on any atom is -0.339 e. The molecular formula is C21H30N2O. The van der Waals surface area contributed by atoms with Gasteiger partial charge >= 0.3 is 0 Å². The molecule has 1 saturated carbocycles. The normalized spacial score (nSPS) is 33.1. The summed E-state index contributed by atoms with van der Waals surface area (Å²) in [4.78, 5) is 15.8. The number of likely N-dealkylation sites (tertiary alicyclic amines) is 1. The van der Waals surface area contributed by atoms with E-state index in [1.807, 2.05) is 6.07 Å². The molecule has 2 saturated heterocycles. The van der Waals surface area contributed by atoms with Crippen molar-refractivity contribution in [3.05, 3.63) is 35.9 Å². The summed E-state index contributed by atoms with van der Waals surface area (Å²) in [6.07, 6.45) is 4.45. The van der Waals surface area contributed by atoms with Gasteiger partial charge in [-0.1, -0.05) is 51.1 Å². The van der Waals surface area contributed by atoms with E-state index in [4.69, 9.17) is 0 Å². The molecule has 2 heterocycles. The molecule has 130 valence electrons. The fourth-order valence-corrected chi connectivity index (χ4v) is 5.77. The van der Waals surface area contributed by atoms with Crippen LogP contribution in [0, 0.1) is 16.2 Å². The predicted octanol–water partition coefficient (Wildman–Crippen LogP) is 3.25. The number of carbonyl (C=O) groups is 1. The van der Waals surface area contributed by atoms with Gasteiger partial charge in [-0.05, 0) is 42.1 Å². The number of fused-ring (bicyclic) bond motifs is 2. The van der Waals surface area contributed by atoms with E-state index in [0.717, 1.165) is 32.5 Å². The smallest absolute Gasteiger partial charge is 0.231 e. The molecule has 1 aromatic rings. The summed E-state index contributed by atoms with van der Waals surface area (Å²) in [7, 11) is 0. The van der Waals surface area contributed by atoms with Crippen molar-refractivity contribution < 1.29 is 4.79 Å². The first kappa shape index (κ1) is 16.1. The van der Waals surface area contributed by atoms with Crippen LogP contribution >= 0.6 is 0 Å². The van der Waals surface area contributed by atoms with E-state index in [2.05, 4.69) is 55.3 Å². The highest BCUT2D eigenvalue weighted by Gasteiger charge is 2.55. The van der Waals surface area contributed by atoms with Crippen molar-refractivity contribution >= 4 is 5.91 Å². The van der Waals surface area contributed by atoms with Crippen molar-refractivity contribution in [3.63, 3.8) is 0 Å². The third-order valence-corrected chi connectivity index (χ3v) is 6.44. The predicted molar refractivity (Wildman–Crippen MR) is 96.7 cm³/mol. The monoisotopic (exact) mass is 326 g/mol. The number of rotatable bonds is 3. The van der Waals surface area contributed by atoms with E-state index >= 15 is 0 Å². The Hall–Kier alpha value is -1.35. The van der Waals surface area contributed by atoms with Gasteiger partial charge in [0.2, 0.25) is 5.91 Å². The molecule has 2 aliphatic heterocycles. The molecule has 24 heavy (non-hydrogen) atoms. The topological polar surface area (TPSA) is 32.3 Å². The fourth-order valence-electron chi connectivity index (χ4n) is 5.77. The Labute approximate surface area is 145 Å².